The van der Waals surface area contributed by atoms with Crippen molar-refractivity contribution >= 4 is 35.6 Å². The molecule has 1 aliphatic rings. The Kier molecular flexibility index (Phi) is 13.0. The van der Waals surface area contributed by atoms with Gasteiger partial charge in [-0.3, -0.25) is 4.79 Å². The van der Waals surface area contributed by atoms with Crippen LogP contribution in [0, 0.1) is 11.3 Å². The Morgan fingerprint density at radius 2 is 1.31 bits per heavy atom. The van der Waals surface area contributed by atoms with E-state index in [0.717, 1.165) is 31.4 Å². The van der Waals surface area contributed by atoms with E-state index in [4.69, 9.17) is 10.00 Å². The normalized spacial score (nSPS) is 12.5. The summed E-state index contributed by atoms with van der Waals surface area (Å²) in [6.07, 6.45) is 19.8. The number of benzene rings is 4. The van der Waals surface area contributed by atoms with Crippen molar-refractivity contribution in [2.24, 2.45) is 0 Å². The van der Waals surface area contributed by atoms with Gasteiger partial charge in [-0.25, -0.2) is 0 Å². The molecule has 0 aromatic heterocycles. The van der Waals surface area contributed by atoms with Crippen LogP contribution < -0.4 is 4.90 Å². The van der Waals surface area contributed by atoms with Gasteiger partial charge in [0.25, 0.3) is 6.47 Å². The Morgan fingerprint density at radius 3 is 1.90 bits per heavy atom. The third-order valence-corrected chi connectivity index (χ3v) is 8.99. The molecule has 0 radical (unpaired) electrons. The molecule has 0 saturated carbocycles. The van der Waals surface area contributed by atoms with E-state index in [0.29, 0.717) is 0 Å². The maximum Gasteiger partial charge on any atom is 0.299 e. The number of nitrogens with zero attached hydrogens (tertiary/aromatic N) is 2. The summed E-state index contributed by atoms with van der Waals surface area (Å²) in [7, 11) is 0. The Balaban J connectivity index is 1.44. The maximum absolute atomic E-state index is 10.6. The van der Waals surface area contributed by atoms with Crippen molar-refractivity contribution in [1.29, 1.82) is 5.26 Å². The van der Waals surface area contributed by atoms with E-state index in [1.807, 2.05) is 12.1 Å². The number of nitriles is 1. The minimum atomic E-state index is -0.0319. The summed E-state index contributed by atoms with van der Waals surface area (Å²) in [4.78, 5) is 13.2. The fraction of sp³-hybridized carbons (Fsp3) is 0.273. The second kappa shape index (κ2) is 18.3. The second-order valence-corrected chi connectivity index (χ2v) is 12.4. The summed E-state index contributed by atoms with van der Waals surface area (Å²) in [6.45, 7) is 3.53. The zero-order valence-corrected chi connectivity index (χ0v) is 28.1. The van der Waals surface area contributed by atoms with Gasteiger partial charge >= 0.3 is 0 Å². The molecule has 0 bridgehead atoms. The lowest BCUT2D eigenvalue weighted by atomic mass is 9.94. The van der Waals surface area contributed by atoms with Crippen molar-refractivity contribution in [2.45, 2.75) is 71.1 Å². The van der Waals surface area contributed by atoms with Crippen LogP contribution in [0.25, 0.3) is 17.7 Å². The largest absolute Gasteiger partial charge is 0.417 e. The highest BCUT2D eigenvalue weighted by molar-refractivity contribution is 5.92. The summed E-state index contributed by atoms with van der Waals surface area (Å²) in [5, 5.41) is 9.15. The highest BCUT2D eigenvalue weighted by Crippen LogP contribution is 2.38. The number of unbranched alkanes of at least 4 members (excludes halogenated alkanes) is 7. The summed E-state index contributed by atoms with van der Waals surface area (Å²) in [5.41, 5.74) is 11.1. The molecule has 0 amide bonds. The van der Waals surface area contributed by atoms with E-state index in [2.05, 4.69) is 115 Å². The van der Waals surface area contributed by atoms with Crippen LogP contribution in [0.15, 0.2) is 115 Å². The van der Waals surface area contributed by atoms with Gasteiger partial charge in [0.15, 0.2) is 0 Å². The Morgan fingerprint density at radius 1 is 0.750 bits per heavy atom. The van der Waals surface area contributed by atoms with Crippen molar-refractivity contribution in [1.82, 2.24) is 0 Å². The Labute approximate surface area is 286 Å². The van der Waals surface area contributed by atoms with Crippen molar-refractivity contribution in [3.05, 3.63) is 148 Å². The standard InChI is InChI=1S/C44H46N2O2/c1-2-3-4-5-6-7-8-15-29-46-43-27-23-35(17-16-22-41(33-45)48-34-47)30-39(43)25-26-40-31-36(24-28-44(40)46)32-42(37-18-11-9-12-19-37)38-20-13-10-14-21-38/h9-14,16-24,27-28,30-32,34H,2-8,15,25-26,29H2,1H3/b17-16+,41-22-. The average molecular weight is 635 g/mol. The predicted molar refractivity (Wildman–Crippen MR) is 200 cm³/mol. The smallest absolute Gasteiger partial charge is 0.299 e. The van der Waals surface area contributed by atoms with Crippen LogP contribution in [0.3, 0.4) is 0 Å². The molecule has 0 fully saturated rings. The first kappa shape index (κ1) is 34.2. The molecule has 0 unspecified atom stereocenters. The number of aryl methyl sites for hydroxylation is 2. The summed E-state index contributed by atoms with van der Waals surface area (Å²) in [5.74, 6) is -0.0319. The first-order valence-corrected chi connectivity index (χ1v) is 17.4. The number of carbonyl (C=O) groups is 1. The first-order chi connectivity index (χ1) is 23.7. The van der Waals surface area contributed by atoms with Crippen molar-refractivity contribution in [2.75, 3.05) is 11.4 Å². The SMILES string of the molecule is CCCCCCCCCCN1c2ccc(C=C(c3ccccc3)c3ccccc3)cc2CCc2cc(/C=C/C=C(/C#N)OC=O)ccc21. The summed E-state index contributed by atoms with van der Waals surface area (Å²) >= 11 is 0. The number of anilines is 2. The summed E-state index contributed by atoms with van der Waals surface area (Å²) in [6, 6.07) is 36.8. The molecule has 4 aromatic rings. The van der Waals surface area contributed by atoms with Gasteiger partial charge in [-0.05, 0) is 94.6 Å². The van der Waals surface area contributed by atoms with Gasteiger partial charge in [-0.15, -0.1) is 0 Å². The molecule has 0 atom stereocenters. The van der Waals surface area contributed by atoms with Gasteiger partial charge in [-0.1, -0.05) is 137 Å². The van der Waals surface area contributed by atoms with Gasteiger partial charge in [0.05, 0.1) is 0 Å². The molecular formula is C44H46N2O2. The van der Waals surface area contributed by atoms with Crippen LogP contribution in [-0.2, 0) is 22.4 Å². The molecule has 0 aliphatic carbocycles. The lowest BCUT2D eigenvalue weighted by Gasteiger charge is -2.27. The van der Waals surface area contributed by atoms with Crippen LogP contribution in [-0.4, -0.2) is 13.0 Å². The third-order valence-electron chi connectivity index (χ3n) is 8.99. The molecule has 0 saturated heterocycles. The number of hydrogen-bond donors (Lipinski definition) is 0. The highest BCUT2D eigenvalue weighted by Gasteiger charge is 2.21. The second-order valence-electron chi connectivity index (χ2n) is 12.4. The third kappa shape index (κ3) is 9.46. The number of fused-ring (bicyclic) bond motifs is 2. The first-order valence-electron chi connectivity index (χ1n) is 17.4. The van der Waals surface area contributed by atoms with E-state index in [-0.39, 0.29) is 12.2 Å². The molecule has 48 heavy (non-hydrogen) atoms. The van der Waals surface area contributed by atoms with Crippen LogP contribution in [0.5, 0.6) is 0 Å². The maximum atomic E-state index is 10.6. The van der Waals surface area contributed by atoms with Gasteiger partial charge in [0, 0.05) is 17.9 Å². The molecule has 4 heteroatoms. The fourth-order valence-electron chi connectivity index (χ4n) is 6.51. The van der Waals surface area contributed by atoms with Gasteiger partial charge in [0.2, 0.25) is 5.76 Å². The van der Waals surface area contributed by atoms with E-state index < -0.39 is 0 Å². The summed E-state index contributed by atoms with van der Waals surface area (Å²) < 4.78 is 4.71. The lowest BCUT2D eigenvalue weighted by Crippen LogP contribution is -2.20. The van der Waals surface area contributed by atoms with Crippen LogP contribution in [0.1, 0.15) is 91.7 Å². The molecule has 5 rings (SSSR count). The van der Waals surface area contributed by atoms with Gasteiger partial charge < -0.3 is 9.64 Å². The minimum absolute atomic E-state index is 0.0319. The van der Waals surface area contributed by atoms with E-state index >= 15 is 0 Å². The van der Waals surface area contributed by atoms with Crippen molar-refractivity contribution in [3.63, 3.8) is 0 Å². The number of carbonyl (C=O) groups excluding carboxylic acids is 1. The van der Waals surface area contributed by atoms with Crippen LogP contribution in [0.2, 0.25) is 0 Å². The zero-order chi connectivity index (χ0) is 33.4. The average Bonchev–Trinajstić information content (AvgIpc) is 3.28. The Hall–Kier alpha value is -5.14. The quantitative estimate of drug-likeness (QED) is 0.0307. The van der Waals surface area contributed by atoms with E-state index in [9.17, 15) is 4.79 Å². The van der Waals surface area contributed by atoms with Crippen molar-refractivity contribution in [3.8, 4) is 6.07 Å². The van der Waals surface area contributed by atoms with E-state index in [1.165, 1.54) is 95.8 Å². The fourth-order valence-corrected chi connectivity index (χ4v) is 6.51. The number of hydrogen-bond acceptors (Lipinski definition) is 4. The number of allylic oxidation sites excluding steroid dienone is 3. The van der Waals surface area contributed by atoms with E-state index in [1.54, 1.807) is 6.08 Å². The highest BCUT2D eigenvalue weighted by atomic mass is 16.5. The molecule has 244 valence electrons. The van der Waals surface area contributed by atoms with Crippen LogP contribution in [0.4, 0.5) is 11.4 Å². The molecule has 1 aliphatic heterocycles. The zero-order valence-electron chi connectivity index (χ0n) is 28.1. The molecule has 4 aromatic carbocycles. The predicted octanol–water partition coefficient (Wildman–Crippen LogP) is 11.2. The molecule has 4 nitrogen and oxygen atoms in total. The van der Waals surface area contributed by atoms with Gasteiger partial charge in [-0.2, -0.15) is 5.26 Å². The topological polar surface area (TPSA) is 53.3 Å². The number of rotatable bonds is 16. The molecular weight excluding hydrogens is 588 g/mol. The minimum Gasteiger partial charge on any atom is -0.417 e. The Bertz CT molecular complexity index is 1720. The molecule has 0 spiro atoms. The van der Waals surface area contributed by atoms with Crippen molar-refractivity contribution < 1.29 is 9.53 Å². The number of ether oxygens (including phenoxy) is 1. The monoisotopic (exact) mass is 634 g/mol. The van der Waals surface area contributed by atoms with Gasteiger partial charge in [0.1, 0.15) is 6.07 Å². The molecule has 0 N–H and O–H groups in total. The molecule has 1 heterocycles. The lowest BCUT2D eigenvalue weighted by molar-refractivity contribution is -0.124. The van der Waals surface area contributed by atoms with Crippen LogP contribution >= 0.6 is 0 Å².